The van der Waals surface area contributed by atoms with Crippen molar-refractivity contribution in [2.75, 3.05) is 5.32 Å². The third-order valence-electron chi connectivity index (χ3n) is 3.71. The van der Waals surface area contributed by atoms with Crippen molar-refractivity contribution >= 4 is 5.69 Å². The van der Waals surface area contributed by atoms with Crippen LogP contribution in [0.3, 0.4) is 0 Å². The molecule has 1 heterocycles. The first-order chi connectivity index (χ1) is 9.43. The van der Waals surface area contributed by atoms with Gasteiger partial charge in [-0.2, -0.15) is 4.68 Å². The molecule has 1 aliphatic carbocycles. The molecule has 0 bridgehead atoms. The Morgan fingerprint density at radius 2 is 1.84 bits per heavy atom. The van der Waals surface area contributed by atoms with Crippen LogP contribution in [0.4, 0.5) is 5.69 Å². The number of nitrogens with zero attached hydrogens (tertiary/aromatic N) is 4. The number of benzene rings is 1. The molecule has 0 saturated heterocycles. The van der Waals surface area contributed by atoms with Gasteiger partial charge in [0.1, 0.15) is 6.33 Å². The highest BCUT2D eigenvalue weighted by Crippen LogP contribution is 2.24. The fraction of sp³-hybridized carbons (Fsp3) is 0.500. The SMILES string of the molecule is c1ccc(-n2cnnn2)c(NC2CCCCCC2)c1. The minimum atomic E-state index is 0.570. The minimum absolute atomic E-state index is 0.570. The Balaban J connectivity index is 1.80. The molecule has 1 N–H and O–H groups in total. The predicted molar refractivity (Wildman–Crippen MR) is 74.3 cm³/mol. The maximum Gasteiger partial charge on any atom is 0.143 e. The van der Waals surface area contributed by atoms with Gasteiger partial charge in [-0.3, -0.25) is 0 Å². The van der Waals surface area contributed by atoms with Gasteiger partial charge >= 0.3 is 0 Å². The molecular weight excluding hydrogens is 238 g/mol. The highest BCUT2D eigenvalue weighted by molar-refractivity contribution is 5.60. The van der Waals surface area contributed by atoms with Crippen LogP contribution in [0.5, 0.6) is 0 Å². The van der Waals surface area contributed by atoms with E-state index in [1.54, 1.807) is 11.0 Å². The van der Waals surface area contributed by atoms with Crippen molar-refractivity contribution in [2.45, 2.75) is 44.6 Å². The van der Waals surface area contributed by atoms with Crippen molar-refractivity contribution in [3.63, 3.8) is 0 Å². The highest BCUT2D eigenvalue weighted by Gasteiger charge is 2.14. The molecule has 5 nitrogen and oxygen atoms in total. The van der Waals surface area contributed by atoms with Gasteiger partial charge in [-0.1, -0.05) is 37.8 Å². The van der Waals surface area contributed by atoms with Gasteiger partial charge in [0.05, 0.1) is 11.4 Å². The van der Waals surface area contributed by atoms with Crippen LogP contribution in [-0.4, -0.2) is 26.2 Å². The fourth-order valence-corrected chi connectivity index (χ4v) is 2.71. The molecule has 100 valence electrons. The van der Waals surface area contributed by atoms with Gasteiger partial charge in [0, 0.05) is 6.04 Å². The first-order valence-electron chi connectivity index (χ1n) is 7.02. The van der Waals surface area contributed by atoms with E-state index < -0.39 is 0 Å². The molecule has 0 aliphatic heterocycles. The van der Waals surface area contributed by atoms with Gasteiger partial charge in [-0.05, 0) is 35.4 Å². The van der Waals surface area contributed by atoms with Crippen molar-refractivity contribution in [3.8, 4) is 5.69 Å². The van der Waals surface area contributed by atoms with Crippen LogP contribution in [0.1, 0.15) is 38.5 Å². The summed E-state index contributed by atoms with van der Waals surface area (Å²) in [5, 5.41) is 15.0. The summed E-state index contributed by atoms with van der Waals surface area (Å²) in [6.07, 6.45) is 9.52. The molecule has 1 aromatic carbocycles. The lowest BCUT2D eigenvalue weighted by molar-refractivity contribution is 0.619. The van der Waals surface area contributed by atoms with E-state index in [-0.39, 0.29) is 0 Å². The zero-order valence-corrected chi connectivity index (χ0v) is 11.0. The Hall–Kier alpha value is -1.91. The van der Waals surface area contributed by atoms with Gasteiger partial charge in [-0.25, -0.2) is 0 Å². The summed E-state index contributed by atoms with van der Waals surface area (Å²) in [5.74, 6) is 0. The maximum atomic E-state index is 3.97. The van der Waals surface area contributed by atoms with E-state index in [4.69, 9.17) is 0 Å². The van der Waals surface area contributed by atoms with Gasteiger partial charge in [0.25, 0.3) is 0 Å². The molecule has 19 heavy (non-hydrogen) atoms. The monoisotopic (exact) mass is 257 g/mol. The Morgan fingerprint density at radius 3 is 2.58 bits per heavy atom. The second kappa shape index (κ2) is 5.82. The van der Waals surface area contributed by atoms with E-state index >= 15 is 0 Å². The van der Waals surface area contributed by atoms with Crippen LogP contribution in [-0.2, 0) is 0 Å². The van der Waals surface area contributed by atoms with Gasteiger partial charge < -0.3 is 5.32 Å². The zero-order chi connectivity index (χ0) is 12.9. The number of aromatic nitrogens is 4. The quantitative estimate of drug-likeness (QED) is 0.859. The molecule has 0 radical (unpaired) electrons. The van der Waals surface area contributed by atoms with Crippen molar-refractivity contribution in [3.05, 3.63) is 30.6 Å². The summed E-state index contributed by atoms with van der Waals surface area (Å²) in [7, 11) is 0. The van der Waals surface area contributed by atoms with E-state index in [0.717, 1.165) is 11.4 Å². The first kappa shape index (κ1) is 12.1. The van der Waals surface area contributed by atoms with Gasteiger partial charge in [0.2, 0.25) is 0 Å². The van der Waals surface area contributed by atoms with E-state index in [2.05, 4.69) is 26.9 Å². The molecule has 2 aromatic rings. The summed E-state index contributed by atoms with van der Waals surface area (Å²) in [4.78, 5) is 0. The summed E-state index contributed by atoms with van der Waals surface area (Å²) >= 11 is 0. The van der Waals surface area contributed by atoms with Crippen molar-refractivity contribution in [1.29, 1.82) is 0 Å². The first-order valence-corrected chi connectivity index (χ1v) is 7.02. The Morgan fingerprint density at radius 1 is 1.05 bits per heavy atom. The van der Waals surface area contributed by atoms with Crippen LogP contribution in [0.15, 0.2) is 30.6 Å². The standard InChI is InChI=1S/C14H19N5/c1-2-4-8-12(7-3-1)16-13-9-5-6-10-14(13)19-11-15-17-18-19/h5-6,9-12,16H,1-4,7-8H2. The predicted octanol–water partition coefficient (Wildman–Crippen LogP) is 2.80. The number of tetrazole rings is 1. The van der Waals surface area contributed by atoms with E-state index in [9.17, 15) is 0 Å². The Labute approximate surface area is 113 Å². The number of hydrogen-bond acceptors (Lipinski definition) is 4. The average molecular weight is 257 g/mol. The topological polar surface area (TPSA) is 55.6 Å². The Bertz CT molecular complexity index is 500. The number of nitrogens with one attached hydrogen (secondary N) is 1. The molecule has 1 aliphatic rings. The number of hydrogen-bond donors (Lipinski definition) is 1. The molecule has 1 saturated carbocycles. The molecule has 0 unspecified atom stereocenters. The van der Waals surface area contributed by atoms with Gasteiger partial charge in [-0.15, -0.1) is 5.10 Å². The maximum absolute atomic E-state index is 3.97. The van der Waals surface area contributed by atoms with Crippen molar-refractivity contribution in [2.24, 2.45) is 0 Å². The van der Waals surface area contributed by atoms with E-state index in [0.29, 0.717) is 6.04 Å². The third-order valence-corrected chi connectivity index (χ3v) is 3.71. The van der Waals surface area contributed by atoms with Crippen LogP contribution < -0.4 is 5.32 Å². The molecule has 5 heteroatoms. The summed E-state index contributed by atoms with van der Waals surface area (Å²) in [6.45, 7) is 0. The van der Waals surface area contributed by atoms with E-state index in [1.165, 1.54) is 38.5 Å². The zero-order valence-electron chi connectivity index (χ0n) is 11.0. The second-order valence-corrected chi connectivity index (χ2v) is 5.10. The second-order valence-electron chi connectivity index (χ2n) is 5.10. The third kappa shape index (κ3) is 2.92. The van der Waals surface area contributed by atoms with Crippen LogP contribution in [0, 0.1) is 0 Å². The number of rotatable bonds is 3. The normalized spacial score (nSPS) is 17.1. The molecule has 3 rings (SSSR count). The van der Waals surface area contributed by atoms with Crippen LogP contribution in [0.2, 0.25) is 0 Å². The number of para-hydroxylation sites is 2. The average Bonchev–Trinajstić information content (AvgIpc) is 2.85. The van der Waals surface area contributed by atoms with Gasteiger partial charge in [0.15, 0.2) is 0 Å². The molecule has 1 fully saturated rings. The lowest BCUT2D eigenvalue weighted by atomic mass is 10.1. The molecule has 1 aromatic heterocycles. The molecular formula is C14H19N5. The fourth-order valence-electron chi connectivity index (χ4n) is 2.71. The molecule has 0 spiro atoms. The summed E-state index contributed by atoms with van der Waals surface area (Å²) < 4.78 is 1.71. The van der Waals surface area contributed by atoms with Crippen molar-refractivity contribution in [1.82, 2.24) is 20.2 Å². The lowest BCUT2D eigenvalue weighted by Gasteiger charge is -2.19. The Kier molecular flexibility index (Phi) is 3.72. The molecule has 0 atom stereocenters. The lowest BCUT2D eigenvalue weighted by Crippen LogP contribution is -2.19. The van der Waals surface area contributed by atoms with Crippen LogP contribution in [0.25, 0.3) is 5.69 Å². The largest absolute Gasteiger partial charge is 0.381 e. The smallest absolute Gasteiger partial charge is 0.143 e. The summed E-state index contributed by atoms with van der Waals surface area (Å²) in [5.41, 5.74) is 2.12. The highest BCUT2D eigenvalue weighted by atomic mass is 15.5. The molecule has 0 amide bonds. The van der Waals surface area contributed by atoms with E-state index in [1.807, 2.05) is 18.2 Å². The summed E-state index contributed by atoms with van der Waals surface area (Å²) in [6, 6.07) is 8.76. The minimum Gasteiger partial charge on any atom is -0.381 e. The van der Waals surface area contributed by atoms with Crippen LogP contribution >= 0.6 is 0 Å². The number of anilines is 1. The van der Waals surface area contributed by atoms with Crippen molar-refractivity contribution < 1.29 is 0 Å².